The minimum atomic E-state index is -1.23. The topological polar surface area (TPSA) is 122 Å². The van der Waals surface area contributed by atoms with Crippen LogP contribution in [0, 0.1) is 17.1 Å². The average molecular weight is 528 g/mol. The number of hydrogen-bond acceptors (Lipinski definition) is 6. The predicted octanol–water partition coefficient (Wildman–Crippen LogP) is 3.17. The number of H-pyrrole nitrogens is 1. The molecule has 1 saturated heterocycles. The number of hydrogen-bond donors (Lipinski definition) is 3. The molecule has 0 spiro atoms. The molecule has 1 aliphatic carbocycles. The smallest absolute Gasteiger partial charge is 0.225 e. The first-order valence-electron chi connectivity index (χ1n) is 13.0. The molecular weight excluding hydrogens is 497 g/mol. The Hall–Kier alpha value is -4.38. The maximum Gasteiger partial charge on any atom is 0.225 e. The zero-order valence-corrected chi connectivity index (χ0v) is 21.6. The van der Waals surface area contributed by atoms with Gasteiger partial charge in [-0.1, -0.05) is 12.1 Å². The second-order valence-corrected chi connectivity index (χ2v) is 10.1. The van der Waals surface area contributed by atoms with E-state index in [-0.39, 0.29) is 11.7 Å². The molecule has 1 atom stereocenters. The van der Waals surface area contributed by atoms with Gasteiger partial charge in [0.25, 0.3) is 0 Å². The van der Waals surface area contributed by atoms with Crippen LogP contribution >= 0.6 is 0 Å². The van der Waals surface area contributed by atoms with Crippen molar-refractivity contribution in [3.05, 3.63) is 84.0 Å². The fourth-order valence-corrected chi connectivity index (χ4v) is 5.29. The summed E-state index contributed by atoms with van der Waals surface area (Å²) in [7, 11) is 1.88. The molecule has 39 heavy (non-hydrogen) atoms. The van der Waals surface area contributed by atoms with Gasteiger partial charge in [-0.05, 0) is 42.5 Å². The van der Waals surface area contributed by atoms with Crippen molar-refractivity contribution in [3.63, 3.8) is 0 Å². The van der Waals surface area contributed by atoms with Gasteiger partial charge in [0, 0.05) is 74.7 Å². The highest BCUT2D eigenvalue weighted by atomic mass is 19.1. The Morgan fingerprint density at radius 2 is 1.79 bits per heavy atom. The van der Waals surface area contributed by atoms with E-state index in [1.165, 1.54) is 12.1 Å². The minimum absolute atomic E-state index is 0.0687. The lowest BCUT2D eigenvalue weighted by molar-refractivity contribution is 0.0556. The highest BCUT2D eigenvalue weighted by molar-refractivity contribution is 6.01. The van der Waals surface area contributed by atoms with E-state index in [0.717, 1.165) is 36.0 Å². The van der Waals surface area contributed by atoms with E-state index >= 15 is 0 Å². The van der Waals surface area contributed by atoms with Crippen molar-refractivity contribution in [2.24, 2.45) is 18.0 Å². The largest absolute Gasteiger partial charge is 0.380 e. The van der Waals surface area contributed by atoms with Crippen LogP contribution in [0.2, 0.25) is 0 Å². The number of aromatic nitrogens is 5. The summed E-state index contributed by atoms with van der Waals surface area (Å²) < 4.78 is 15.3. The van der Waals surface area contributed by atoms with Crippen LogP contribution in [0.1, 0.15) is 29.7 Å². The summed E-state index contributed by atoms with van der Waals surface area (Å²) in [6.45, 7) is 2.72. The maximum atomic E-state index is 13.5. The molecule has 0 bridgehead atoms. The third-order valence-corrected chi connectivity index (χ3v) is 7.54. The van der Waals surface area contributed by atoms with Crippen LogP contribution in [0.25, 0.3) is 11.1 Å². The first-order chi connectivity index (χ1) is 19.0. The van der Waals surface area contributed by atoms with Crippen molar-refractivity contribution in [2.45, 2.75) is 18.4 Å². The molecule has 3 aromatic heterocycles. The zero-order valence-electron chi connectivity index (χ0n) is 21.6. The van der Waals surface area contributed by atoms with Crippen LogP contribution in [-0.4, -0.2) is 73.1 Å². The molecule has 200 valence electrons. The quantitative estimate of drug-likeness (QED) is 0.251. The summed E-state index contributed by atoms with van der Waals surface area (Å²) >= 11 is 0. The van der Waals surface area contributed by atoms with E-state index < -0.39 is 5.60 Å². The van der Waals surface area contributed by atoms with Gasteiger partial charge in [-0.2, -0.15) is 5.10 Å². The van der Waals surface area contributed by atoms with Gasteiger partial charge in [0.2, 0.25) is 5.95 Å². The highest BCUT2D eigenvalue weighted by Gasteiger charge is 2.47. The molecule has 4 heterocycles. The second-order valence-electron chi connectivity index (χ2n) is 10.1. The van der Waals surface area contributed by atoms with Gasteiger partial charge in [0.1, 0.15) is 17.8 Å². The SMILES string of the molecule is Cn1cc(-c2c[nH]c(C(=NC=N)N3CCN(c4ncc([C@](O)(c5ccc(F)cc5)C5CC5)cn4)CC3)c2)cn1. The van der Waals surface area contributed by atoms with E-state index in [9.17, 15) is 9.50 Å². The van der Waals surface area contributed by atoms with Gasteiger partial charge in [0.05, 0.1) is 11.9 Å². The number of halogens is 1. The van der Waals surface area contributed by atoms with Crippen LogP contribution in [0.5, 0.6) is 0 Å². The van der Waals surface area contributed by atoms with Gasteiger partial charge in [-0.15, -0.1) is 0 Å². The van der Waals surface area contributed by atoms with Gasteiger partial charge in [-0.25, -0.2) is 19.4 Å². The summed E-state index contributed by atoms with van der Waals surface area (Å²) in [5, 5.41) is 23.5. The van der Waals surface area contributed by atoms with Crippen LogP contribution < -0.4 is 4.90 Å². The Balaban J connectivity index is 1.15. The van der Waals surface area contributed by atoms with E-state index in [0.29, 0.717) is 49.1 Å². The van der Waals surface area contributed by atoms with Crippen molar-refractivity contribution in [1.29, 1.82) is 5.41 Å². The molecule has 1 aromatic carbocycles. The summed E-state index contributed by atoms with van der Waals surface area (Å²) in [5.74, 6) is 1.05. The third-order valence-electron chi connectivity index (χ3n) is 7.54. The molecule has 0 radical (unpaired) electrons. The number of nitrogens with zero attached hydrogens (tertiary/aromatic N) is 7. The number of aliphatic imine (C=N–C) groups is 1. The molecule has 1 saturated carbocycles. The lowest BCUT2D eigenvalue weighted by atomic mass is 9.83. The van der Waals surface area contributed by atoms with Gasteiger partial charge >= 0.3 is 0 Å². The van der Waals surface area contributed by atoms with Crippen molar-refractivity contribution in [1.82, 2.24) is 29.6 Å². The molecule has 0 unspecified atom stereocenters. The van der Waals surface area contributed by atoms with E-state index in [1.807, 2.05) is 31.7 Å². The van der Waals surface area contributed by atoms with Crippen molar-refractivity contribution in [2.75, 3.05) is 31.1 Å². The van der Waals surface area contributed by atoms with Crippen LogP contribution in [0.15, 0.2) is 66.3 Å². The van der Waals surface area contributed by atoms with Crippen LogP contribution in [0.3, 0.4) is 0 Å². The summed E-state index contributed by atoms with van der Waals surface area (Å²) in [4.78, 5) is 21.1. The summed E-state index contributed by atoms with van der Waals surface area (Å²) in [6, 6.07) is 8.05. The van der Waals surface area contributed by atoms with Crippen molar-refractivity contribution in [3.8, 4) is 11.1 Å². The summed E-state index contributed by atoms with van der Waals surface area (Å²) in [6.07, 6.45) is 12.0. The molecule has 11 heteroatoms. The van der Waals surface area contributed by atoms with Crippen LogP contribution in [-0.2, 0) is 12.6 Å². The normalized spacial score (nSPS) is 17.8. The number of amidine groups is 1. The Labute approximate surface area is 225 Å². The molecule has 2 fully saturated rings. The predicted molar refractivity (Wildman–Crippen MR) is 146 cm³/mol. The van der Waals surface area contributed by atoms with Gasteiger partial charge in [-0.3, -0.25) is 10.1 Å². The highest BCUT2D eigenvalue weighted by Crippen LogP contribution is 2.49. The molecule has 1 aliphatic heterocycles. The minimum Gasteiger partial charge on any atom is -0.380 e. The number of piperazine rings is 1. The van der Waals surface area contributed by atoms with E-state index in [2.05, 4.69) is 34.8 Å². The molecule has 0 amide bonds. The number of aryl methyl sites for hydroxylation is 1. The first kappa shape index (κ1) is 24.9. The Bertz CT molecular complexity index is 1480. The number of anilines is 1. The Morgan fingerprint density at radius 3 is 2.41 bits per heavy atom. The van der Waals surface area contributed by atoms with Crippen molar-refractivity contribution >= 4 is 18.1 Å². The first-order valence-corrected chi connectivity index (χ1v) is 13.0. The average Bonchev–Trinajstić information content (AvgIpc) is 3.56. The molecule has 10 nitrogen and oxygen atoms in total. The van der Waals surface area contributed by atoms with E-state index in [4.69, 9.17) is 5.41 Å². The molecule has 3 N–H and O–H groups in total. The lowest BCUT2D eigenvalue weighted by Gasteiger charge is -2.36. The standard InChI is InChI=1S/C28H30FN9O/c1-36-17-20(14-35-36)19-12-25(31-13-19)26(34-18-30)37-8-10-38(11-9-37)27-32-15-23(16-33-27)28(39,21-2-3-21)22-4-6-24(29)7-5-22/h4-7,12-18,21,30-31,39H,2-3,8-11H2,1H3/t28-/m1/s1. The maximum absolute atomic E-state index is 13.5. The Kier molecular flexibility index (Phi) is 6.43. The molecule has 2 aliphatic rings. The van der Waals surface area contributed by atoms with Gasteiger partial charge in [0.15, 0.2) is 5.84 Å². The molecule has 4 aromatic rings. The fourth-order valence-electron chi connectivity index (χ4n) is 5.29. The number of nitrogens with one attached hydrogen (secondary N) is 2. The monoisotopic (exact) mass is 527 g/mol. The third kappa shape index (κ3) is 4.81. The number of rotatable bonds is 7. The Morgan fingerprint density at radius 1 is 1.08 bits per heavy atom. The number of aliphatic hydroxyl groups is 1. The molecular formula is C28H30FN9O. The zero-order chi connectivity index (χ0) is 27.0. The number of aromatic amines is 1. The van der Waals surface area contributed by atoms with E-state index in [1.54, 1.807) is 29.2 Å². The lowest BCUT2D eigenvalue weighted by Crippen LogP contribution is -2.49. The second kappa shape index (κ2) is 10.1. The molecule has 6 rings (SSSR count). The number of benzene rings is 1. The summed E-state index contributed by atoms with van der Waals surface area (Å²) in [5.41, 5.74) is 2.91. The van der Waals surface area contributed by atoms with Crippen molar-refractivity contribution < 1.29 is 9.50 Å². The van der Waals surface area contributed by atoms with Crippen LogP contribution in [0.4, 0.5) is 10.3 Å². The fraction of sp³-hybridized carbons (Fsp3) is 0.321. The van der Waals surface area contributed by atoms with Gasteiger partial charge < -0.3 is 19.9 Å².